The first-order valence-electron chi connectivity index (χ1n) is 6.67. The zero-order chi connectivity index (χ0) is 14.1. The van der Waals surface area contributed by atoms with Crippen LogP contribution >= 0.6 is 0 Å². The molecule has 106 valence electrons. The fourth-order valence-electron chi connectivity index (χ4n) is 2.75. The Balaban J connectivity index is 2.14. The van der Waals surface area contributed by atoms with E-state index in [2.05, 4.69) is 22.1 Å². The zero-order valence-electron chi connectivity index (χ0n) is 11.2. The first-order valence-corrected chi connectivity index (χ1v) is 7.85. The molecule has 1 unspecified atom stereocenters. The van der Waals surface area contributed by atoms with E-state index >= 15 is 0 Å². The third-order valence-electron chi connectivity index (χ3n) is 3.64. The molecular formula is C14H17N3O2S. The third kappa shape index (κ3) is 2.36. The van der Waals surface area contributed by atoms with Gasteiger partial charge in [-0.05, 0) is 19.1 Å². The number of anilines is 1. The predicted molar refractivity (Wildman–Crippen MR) is 80.0 cm³/mol. The highest BCUT2D eigenvalue weighted by Gasteiger charge is 2.18. The van der Waals surface area contributed by atoms with Gasteiger partial charge in [-0.1, -0.05) is 12.1 Å². The highest BCUT2D eigenvalue weighted by Crippen LogP contribution is 2.29. The molecule has 5 nitrogen and oxygen atoms in total. The van der Waals surface area contributed by atoms with Crippen molar-refractivity contribution >= 4 is 27.2 Å². The van der Waals surface area contributed by atoms with Crippen LogP contribution in [0.15, 0.2) is 35.5 Å². The molecule has 0 bridgehead atoms. The van der Waals surface area contributed by atoms with Gasteiger partial charge in [0.05, 0.1) is 0 Å². The number of nitrogens with zero attached hydrogens (tertiary/aromatic N) is 2. The second kappa shape index (κ2) is 5.38. The van der Waals surface area contributed by atoms with Crippen LogP contribution in [0.2, 0.25) is 0 Å². The Morgan fingerprint density at radius 3 is 2.90 bits per heavy atom. The standard InChI is InChI=1S/C14H17N3O2S/c1-10-9-17(8-7-15-10)13-4-2-3-12-11(13)5-6-16-14(12)20(18)19/h2-6,10,15,20H,7-9H2,1H3. The second-order valence-electron chi connectivity index (χ2n) is 5.07. The van der Waals surface area contributed by atoms with Gasteiger partial charge in [0.1, 0.15) is 0 Å². The summed E-state index contributed by atoms with van der Waals surface area (Å²) in [4.78, 5) is 6.28. The average molecular weight is 291 g/mol. The fourth-order valence-corrected chi connectivity index (χ4v) is 3.30. The molecule has 1 aliphatic heterocycles. The van der Waals surface area contributed by atoms with Gasteiger partial charge in [0.2, 0.25) is 0 Å². The summed E-state index contributed by atoms with van der Waals surface area (Å²) < 4.78 is 22.6. The van der Waals surface area contributed by atoms with Crippen LogP contribution in [0.1, 0.15) is 6.92 Å². The number of fused-ring (bicyclic) bond motifs is 1. The summed E-state index contributed by atoms with van der Waals surface area (Å²) in [6.45, 7) is 4.93. The topological polar surface area (TPSA) is 62.3 Å². The summed E-state index contributed by atoms with van der Waals surface area (Å²) in [5.41, 5.74) is 1.08. The van der Waals surface area contributed by atoms with Crippen LogP contribution < -0.4 is 10.2 Å². The minimum Gasteiger partial charge on any atom is -0.368 e. The predicted octanol–water partition coefficient (Wildman–Crippen LogP) is 1.00. The van der Waals surface area contributed by atoms with Crippen molar-refractivity contribution in [3.63, 3.8) is 0 Å². The van der Waals surface area contributed by atoms with E-state index in [0.29, 0.717) is 11.4 Å². The number of rotatable bonds is 2. The van der Waals surface area contributed by atoms with Gasteiger partial charge in [0.15, 0.2) is 15.7 Å². The number of thiol groups is 1. The Kier molecular flexibility index (Phi) is 3.58. The van der Waals surface area contributed by atoms with E-state index in [4.69, 9.17) is 0 Å². The lowest BCUT2D eigenvalue weighted by atomic mass is 10.1. The van der Waals surface area contributed by atoms with Gasteiger partial charge in [-0.15, -0.1) is 0 Å². The molecule has 1 fully saturated rings. The molecule has 2 aromatic rings. The van der Waals surface area contributed by atoms with Gasteiger partial charge in [-0.3, -0.25) is 0 Å². The van der Waals surface area contributed by atoms with Crippen molar-refractivity contribution in [1.29, 1.82) is 0 Å². The Bertz CT molecular complexity index is 707. The van der Waals surface area contributed by atoms with Crippen molar-refractivity contribution in [1.82, 2.24) is 10.3 Å². The summed E-state index contributed by atoms with van der Waals surface area (Å²) in [5.74, 6) is 0. The van der Waals surface area contributed by atoms with Crippen molar-refractivity contribution in [2.45, 2.75) is 18.0 Å². The highest BCUT2D eigenvalue weighted by molar-refractivity contribution is 7.72. The maximum absolute atomic E-state index is 11.3. The molecule has 20 heavy (non-hydrogen) atoms. The number of benzene rings is 1. The van der Waals surface area contributed by atoms with Crippen molar-refractivity contribution in [2.24, 2.45) is 0 Å². The van der Waals surface area contributed by atoms with Gasteiger partial charge >= 0.3 is 0 Å². The van der Waals surface area contributed by atoms with E-state index < -0.39 is 10.7 Å². The molecule has 2 heterocycles. The summed E-state index contributed by atoms with van der Waals surface area (Å²) in [6, 6.07) is 8.07. The Morgan fingerprint density at radius 2 is 2.15 bits per heavy atom. The SMILES string of the molecule is CC1CN(c2cccc3c([SH](=O)=O)nccc23)CCN1. The molecule has 0 saturated carbocycles. The fraction of sp³-hybridized carbons (Fsp3) is 0.357. The summed E-state index contributed by atoms with van der Waals surface area (Å²) in [6.07, 6.45) is 1.57. The van der Waals surface area contributed by atoms with E-state index in [1.807, 2.05) is 24.3 Å². The van der Waals surface area contributed by atoms with E-state index in [1.165, 1.54) is 0 Å². The van der Waals surface area contributed by atoms with Crippen LogP contribution in [0.3, 0.4) is 0 Å². The zero-order valence-corrected chi connectivity index (χ0v) is 12.1. The van der Waals surface area contributed by atoms with Gasteiger partial charge < -0.3 is 10.2 Å². The molecule has 1 atom stereocenters. The molecule has 0 amide bonds. The highest BCUT2D eigenvalue weighted by atomic mass is 32.2. The molecule has 1 saturated heterocycles. The number of nitrogens with one attached hydrogen (secondary N) is 1. The number of aromatic nitrogens is 1. The van der Waals surface area contributed by atoms with Gasteiger partial charge in [-0.2, -0.15) is 0 Å². The van der Waals surface area contributed by atoms with E-state index in [1.54, 1.807) is 6.20 Å². The van der Waals surface area contributed by atoms with Crippen LogP contribution in [-0.4, -0.2) is 39.1 Å². The van der Waals surface area contributed by atoms with E-state index in [9.17, 15) is 8.42 Å². The lowest BCUT2D eigenvalue weighted by molar-refractivity contribution is 0.485. The van der Waals surface area contributed by atoms with Gasteiger partial charge in [0, 0.05) is 48.3 Å². The first-order chi connectivity index (χ1) is 9.66. The molecule has 1 aromatic carbocycles. The first kappa shape index (κ1) is 13.3. The smallest absolute Gasteiger partial charge is 0.186 e. The normalized spacial score (nSPS) is 19.7. The largest absolute Gasteiger partial charge is 0.368 e. The molecule has 0 aliphatic carbocycles. The lowest BCUT2D eigenvalue weighted by Gasteiger charge is -2.34. The van der Waals surface area contributed by atoms with Crippen LogP contribution in [0.25, 0.3) is 10.8 Å². The summed E-state index contributed by atoms with van der Waals surface area (Å²) in [5, 5.41) is 5.21. The summed E-state index contributed by atoms with van der Waals surface area (Å²) in [7, 11) is -2.68. The number of hydrogen-bond acceptors (Lipinski definition) is 5. The van der Waals surface area contributed by atoms with Crippen LogP contribution in [0, 0.1) is 0 Å². The van der Waals surface area contributed by atoms with Crippen molar-refractivity contribution in [2.75, 3.05) is 24.5 Å². The number of pyridine rings is 1. The number of hydrogen-bond donors (Lipinski definition) is 2. The van der Waals surface area contributed by atoms with Crippen molar-refractivity contribution in [3.05, 3.63) is 30.5 Å². The molecule has 1 aromatic heterocycles. The molecular weight excluding hydrogens is 274 g/mol. The molecule has 6 heteroatoms. The average Bonchev–Trinajstić information content (AvgIpc) is 2.45. The minimum atomic E-state index is -2.68. The number of piperazine rings is 1. The summed E-state index contributed by atoms with van der Waals surface area (Å²) >= 11 is 0. The van der Waals surface area contributed by atoms with Gasteiger partial charge in [0.25, 0.3) is 0 Å². The third-order valence-corrected chi connectivity index (χ3v) is 4.35. The maximum Gasteiger partial charge on any atom is 0.186 e. The van der Waals surface area contributed by atoms with Crippen LogP contribution in [0.5, 0.6) is 0 Å². The molecule has 0 spiro atoms. The second-order valence-corrected chi connectivity index (χ2v) is 6.00. The van der Waals surface area contributed by atoms with Crippen molar-refractivity contribution < 1.29 is 8.42 Å². The Hall–Kier alpha value is -1.66. The lowest BCUT2D eigenvalue weighted by Crippen LogP contribution is -2.49. The quantitative estimate of drug-likeness (QED) is 0.808. The minimum absolute atomic E-state index is 0.155. The van der Waals surface area contributed by atoms with Gasteiger partial charge in [-0.25, -0.2) is 13.4 Å². The molecule has 3 rings (SSSR count). The Morgan fingerprint density at radius 1 is 1.30 bits per heavy atom. The van der Waals surface area contributed by atoms with Crippen LogP contribution in [0.4, 0.5) is 5.69 Å². The molecule has 1 aliphatic rings. The van der Waals surface area contributed by atoms with E-state index in [0.717, 1.165) is 30.7 Å². The van der Waals surface area contributed by atoms with E-state index in [-0.39, 0.29) is 5.03 Å². The Labute approximate surface area is 119 Å². The molecule has 0 radical (unpaired) electrons. The monoisotopic (exact) mass is 291 g/mol. The van der Waals surface area contributed by atoms with Crippen molar-refractivity contribution in [3.8, 4) is 0 Å². The maximum atomic E-state index is 11.3. The molecule has 1 N–H and O–H groups in total. The van der Waals surface area contributed by atoms with Crippen LogP contribution in [-0.2, 0) is 10.7 Å².